The Morgan fingerprint density at radius 1 is 1.38 bits per heavy atom. The van der Waals surface area contributed by atoms with Crippen LogP contribution in [0.3, 0.4) is 0 Å². The third kappa shape index (κ3) is 3.01. The van der Waals surface area contributed by atoms with Gasteiger partial charge in [0.2, 0.25) is 0 Å². The number of carbonyl (C=O) groups excluding carboxylic acids is 2. The molecule has 1 amide bonds. The predicted octanol–water partition coefficient (Wildman–Crippen LogP) is 2.25. The molecule has 1 aliphatic rings. The van der Waals surface area contributed by atoms with Crippen LogP contribution in [0.4, 0.5) is 0 Å². The lowest BCUT2D eigenvalue weighted by molar-refractivity contribution is -0.144. The molecule has 3 unspecified atom stereocenters. The highest BCUT2D eigenvalue weighted by molar-refractivity contribution is 5.99. The highest BCUT2D eigenvalue weighted by atomic mass is 16.5. The first-order valence-electron chi connectivity index (χ1n) is 7.22. The third-order valence-corrected chi connectivity index (χ3v) is 3.78. The minimum absolute atomic E-state index is 0.0384. The second-order valence-electron chi connectivity index (χ2n) is 5.28. The zero-order chi connectivity index (χ0) is 15.6. The summed E-state index contributed by atoms with van der Waals surface area (Å²) in [7, 11) is 0. The summed E-state index contributed by atoms with van der Waals surface area (Å²) >= 11 is 0. The summed E-state index contributed by atoms with van der Waals surface area (Å²) < 4.78 is 10.7. The number of amides is 1. The fraction of sp³-hybridized carbons (Fsp3) is 0.500. The van der Waals surface area contributed by atoms with E-state index in [4.69, 9.17) is 9.47 Å². The van der Waals surface area contributed by atoms with Crippen molar-refractivity contribution in [2.75, 3.05) is 6.61 Å². The first-order chi connectivity index (χ1) is 9.95. The average Bonchev–Trinajstić information content (AvgIpc) is 2.74. The topological polar surface area (TPSA) is 64.6 Å². The van der Waals surface area contributed by atoms with Gasteiger partial charge in [-0.15, -0.1) is 0 Å². The Hall–Kier alpha value is -2.04. The van der Waals surface area contributed by atoms with Crippen molar-refractivity contribution in [2.24, 2.45) is 0 Å². The number of benzene rings is 1. The SMILES string of the molecule is CCOC(=O)C(C)NC(=O)c1cccc2c1OC(C)C2C. The van der Waals surface area contributed by atoms with Crippen LogP contribution in [-0.2, 0) is 9.53 Å². The maximum atomic E-state index is 12.3. The van der Waals surface area contributed by atoms with Crippen LogP contribution < -0.4 is 10.1 Å². The second-order valence-corrected chi connectivity index (χ2v) is 5.28. The van der Waals surface area contributed by atoms with Crippen molar-refractivity contribution in [3.63, 3.8) is 0 Å². The molecule has 5 heteroatoms. The first kappa shape index (κ1) is 15.4. The largest absolute Gasteiger partial charge is 0.489 e. The minimum atomic E-state index is -0.690. The number of para-hydroxylation sites is 1. The molecule has 1 heterocycles. The second kappa shape index (κ2) is 6.16. The van der Waals surface area contributed by atoms with E-state index in [0.29, 0.717) is 11.3 Å². The van der Waals surface area contributed by atoms with Gasteiger partial charge in [-0.2, -0.15) is 0 Å². The molecule has 0 spiro atoms. The van der Waals surface area contributed by atoms with E-state index in [9.17, 15) is 9.59 Å². The molecule has 0 fully saturated rings. The Kier molecular flexibility index (Phi) is 4.50. The highest BCUT2D eigenvalue weighted by Crippen LogP contribution is 2.40. The molecule has 114 valence electrons. The van der Waals surface area contributed by atoms with Crippen LogP contribution in [0.2, 0.25) is 0 Å². The molecule has 3 atom stereocenters. The van der Waals surface area contributed by atoms with Crippen molar-refractivity contribution in [3.8, 4) is 5.75 Å². The lowest BCUT2D eigenvalue weighted by atomic mass is 9.97. The van der Waals surface area contributed by atoms with E-state index in [0.717, 1.165) is 5.56 Å². The maximum absolute atomic E-state index is 12.3. The Labute approximate surface area is 124 Å². The molecule has 0 aliphatic carbocycles. The van der Waals surface area contributed by atoms with Gasteiger partial charge in [0.1, 0.15) is 17.9 Å². The normalized spacial score (nSPS) is 21.1. The third-order valence-electron chi connectivity index (χ3n) is 3.78. The van der Waals surface area contributed by atoms with Gasteiger partial charge >= 0.3 is 5.97 Å². The molecule has 5 nitrogen and oxygen atoms in total. The van der Waals surface area contributed by atoms with E-state index >= 15 is 0 Å². The number of carbonyl (C=O) groups is 2. The smallest absolute Gasteiger partial charge is 0.328 e. The fourth-order valence-electron chi connectivity index (χ4n) is 2.37. The molecular weight excluding hydrogens is 270 g/mol. The number of hydrogen-bond acceptors (Lipinski definition) is 4. The molecular formula is C16H21NO4. The first-order valence-corrected chi connectivity index (χ1v) is 7.22. The van der Waals surface area contributed by atoms with Gasteiger partial charge in [0, 0.05) is 11.5 Å². The van der Waals surface area contributed by atoms with Crippen molar-refractivity contribution in [1.29, 1.82) is 0 Å². The van der Waals surface area contributed by atoms with Gasteiger partial charge in [0.25, 0.3) is 5.91 Å². The molecule has 0 bridgehead atoms. The summed E-state index contributed by atoms with van der Waals surface area (Å²) in [5, 5.41) is 2.65. The summed E-state index contributed by atoms with van der Waals surface area (Å²) in [5.74, 6) is 0.0936. The molecule has 1 aromatic rings. The summed E-state index contributed by atoms with van der Waals surface area (Å²) in [6.07, 6.45) is 0.0384. The molecule has 1 aromatic carbocycles. The van der Waals surface area contributed by atoms with Crippen LogP contribution in [0.15, 0.2) is 18.2 Å². The van der Waals surface area contributed by atoms with Gasteiger partial charge < -0.3 is 14.8 Å². The quantitative estimate of drug-likeness (QED) is 0.864. The maximum Gasteiger partial charge on any atom is 0.328 e. The summed E-state index contributed by atoms with van der Waals surface area (Å²) in [4.78, 5) is 23.9. The molecule has 0 radical (unpaired) electrons. The zero-order valence-corrected chi connectivity index (χ0v) is 12.8. The van der Waals surface area contributed by atoms with Crippen LogP contribution in [0.25, 0.3) is 0 Å². The van der Waals surface area contributed by atoms with E-state index in [-0.39, 0.29) is 24.5 Å². The highest BCUT2D eigenvalue weighted by Gasteiger charge is 2.31. The van der Waals surface area contributed by atoms with E-state index < -0.39 is 12.0 Å². The van der Waals surface area contributed by atoms with Crippen LogP contribution in [0.5, 0.6) is 5.75 Å². The molecule has 21 heavy (non-hydrogen) atoms. The fourth-order valence-corrected chi connectivity index (χ4v) is 2.37. The lowest BCUT2D eigenvalue weighted by Gasteiger charge is -2.14. The van der Waals surface area contributed by atoms with E-state index in [1.54, 1.807) is 19.9 Å². The number of rotatable bonds is 4. The Balaban J connectivity index is 2.17. The Morgan fingerprint density at radius 2 is 2.10 bits per heavy atom. The zero-order valence-electron chi connectivity index (χ0n) is 12.8. The summed E-state index contributed by atoms with van der Waals surface area (Å²) in [6, 6.07) is 4.82. The molecule has 0 saturated carbocycles. The monoisotopic (exact) mass is 291 g/mol. The van der Waals surface area contributed by atoms with Gasteiger partial charge in [0.05, 0.1) is 12.2 Å². The van der Waals surface area contributed by atoms with Crippen molar-refractivity contribution < 1.29 is 19.1 Å². The van der Waals surface area contributed by atoms with Crippen LogP contribution in [-0.4, -0.2) is 30.6 Å². The minimum Gasteiger partial charge on any atom is -0.489 e. The summed E-state index contributed by atoms with van der Waals surface area (Å²) in [6.45, 7) is 7.67. The van der Waals surface area contributed by atoms with E-state index in [1.807, 2.05) is 19.1 Å². The van der Waals surface area contributed by atoms with Gasteiger partial charge in [0.15, 0.2) is 0 Å². The summed E-state index contributed by atoms with van der Waals surface area (Å²) in [5.41, 5.74) is 1.48. The molecule has 1 aliphatic heterocycles. The number of nitrogens with one attached hydrogen (secondary N) is 1. The van der Waals surface area contributed by atoms with Crippen molar-refractivity contribution in [2.45, 2.75) is 45.8 Å². The van der Waals surface area contributed by atoms with Crippen molar-refractivity contribution in [1.82, 2.24) is 5.32 Å². The Bertz CT molecular complexity index is 555. The van der Waals surface area contributed by atoms with Gasteiger partial charge in [-0.05, 0) is 26.8 Å². The molecule has 1 N–H and O–H groups in total. The van der Waals surface area contributed by atoms with Gasteiger partial charge in [-0.25, -0.2) is 4.79 Å². The molecule has 0 aromatic heterocycles. The lowest BCUT2D eigenvalue weighted by Crippen LogP contribution is -2.39. The van der Waals surface area contributed by atoms with Crippen LogP contribution in [0.1, 0.15) is 49.5 Å². The van der Waals surface area contributed by atoms with Gasteiger partial charge in [-0.3, -0.25) is 4.79 Å². The number of hydrogen-bond donors (Lipinski definition) is 1. The standard InChI is InChI=1S/C16H21NO4/c1-5-20-16(19)10(3)17-15(18)13-8-6-7-12-9(2)11(4)21-14(12)13/h6-11H,5H2,1-4H3,(H,17,18). The Morgan fingerprint density at radius 3 is 2.76 bits per heavy atom. The van der Waals surface area contributed by atoms with Crippen molar-refractivity contribution in [3.05, 3.63) is 29.3 Å². The number of esters is 1. The van der Waals surface area contributed by atoms with Crippen LogP contribution in [0, 0.1) is 0 Å². The predicted molar refractivity (Wildman–Crippen MR) is 78.5 cm³/mol. The average molecular weight is 291 g/mol. The molecule has 0 saturated heterocycles. The van der Waals surface area contributed by atoms with E-state index in [1.165, 1.54) is 0 Å². The molecule has 2 rings (SSSR count). The number of fused-ring (bicyclic) bond motifs is 1. The van der Waals surface area contributed by atoms with E-state index in [2.05, 4.69) is 12.2 Å². The van der Waals surface area contributed by atoms with Gasteiger partial charge in [-0.1, -0.05) is 19.1 Å². The van der Waals surface area contributed by atoms with Crippen molar-refractivity contribution >= 4 is 11.9 Å². The number of ether oxygens (including phenoxy) is 2. The van der Waals surface area contributed by atoms with Crippen LogP contribution >= 0.6 is 0 Å².